The predicted molar refractivity (Wildman–Crippen MR) is 60.5 cm³/mol. The molecule has 82 valence electrons. The molecule has 0 aromatic heterocycles. The molecule has 1 aliphatic carbocycles. The van der Waals surface area contributed by atoms with Gasteiger partial charge in [0, 0.05) is 25.7 Å². The molecule has 0 spiro atoms. The van der Waals surface area contributed by atoms with Gasteiger partial charge >= 0.3 is 0 Å². The molecule has 0 aromatic rings. The number of rotatable bonds is 5. The summed E-state index contributed by atoms with van der Waals surface area (Å²) in [5.74, 6) is 1.03. The van der Waals surface area contributed by atoms with Gasteiger partial charge in [-0.2, -0.15) is 0 Å². The first kappa shape index (κ1) is 10.4. The van der Waals surface area contributed by atoms with E-state index in [1.165, 1.54) is 58.3 Å². The lowest BCUT2D eigenvalue weighted by Crippen LogP contribution is -2.52. The molecule has 1 saturated carbocycles. The van der Waals surface area contributed by atoms with E-state index in [0.717, 1.165) is 12.0 Å². The largest absolute Gasteiger partial charge is 0.314 e. The Labute approximate surface area is 88.1 Å². The summed E-state index contributed by atoms with van der Waals surface area (Å²) in [6.45, 7) is 7.36. The smallest absolute Gasteiger partial charge is 0.0249 e. The van der Waals surface area contributed by atoms with Crippen molar-refractivity contribution >= 4 is 0 Å². The third-order valence-corrected chi connectivity index (χ3v) is 3.61. The van der Waals surface area contributed by atoms with Crippen LogP contribution in [0.3, 0.4) is 0 Å². The van der Waals surface area contributed by atoms with Gasteiger partial charge in [-0.1, -0.05) is 19.8 Å². The Morgan fingerprint density at radius 1 is 1.29 bits per heavy atom. The van der Waals surface area contributed by atoms with Gasteiger partial charge in [0.15, 0.2) is 0 Å². The third kappa shape index (κ3) is 2.71. The molecular weight excluding hydrogens is 172 g/mol. The minimum atomic E-state index is 0.876. The molecule has 1 N–H and O–H groups in total. The second kappa shape index (κ2) is 5.13. The maximum absolute atomic E-state index is 3.53. The summed E-state index contributed by atoms with van der Waals surface area (Å²) in [7, 11) is 0. The van der Waals surface area contributed by atoms with Crippen molar-refractivity contribution in [2.45, 2.75) is 45.1 Å². The van der Waals surface area contributed by atoms with E-state index in [1.807, 2.05) is 0 Å². The van der Waals surface area contributed by atoms with Crippen LogP contribution < -0.4 is 5.32 Å². The summed E-state index contributed by atoms with van der Waals surface area (Å²) in [5.41, 5.74) is 0. The van der Waals surface area contributed by atoms with E-state index < -0.39 is 0 Å². The Balaban J connectivity index is 1.74. The summed E-state index contributed by atoms with van der Waals surface area (Å²) in [6, 6.07) is 0.876. The normalized spacial score (nSPS) is 29.4. The number of hydrogen-bond acceptors (Lipinski definition) is 2. The fraction of sp³-hybridized carbons (Fsp3) is 1.00. The summed E-state index contributed by atoms with van der Waals surface area (Å²) in [6.07, 6.45) is 7.12. The minimum Gasteiger partial charge on any atom is -0.314 e. The molecule has 2 fully saturated rings. The Kier molecular flexibility index (Phi) is 3.82. The van der Waals surface area contributed by atoms with Crippen LogP contribution >= 0.6 is 0 Å². The summed E-state index contributed by atoms with van der Waals surface area (Å²) >= 11 is 0. The number of nitrogens with zero attached hydrogens (tertiary/aromatic N) is 1. The molecule has 1 heterocycles. The highest BCUT2D eigenvalue weighted by molar-refractivity contribution is 4.92. The van der Waals surface area contributed by atoms with E-state index in [0.29, 0.717) is 0 Å². The van der Waals surface area contributed by atoms with E-state index in [1.54, 1.807) is 0 Å². The Morgan fingerprint density at radius 2 is 2.14 bits per heavy atom. The van der Waals surface area contributed by atoms with Crippen LogP contribution in [-0.4, -0.2) is 37.1 Å². The first-order valence-corrected chi connectivity index (χ1v) is 6.36. The van der Waals surface area contributed by atoms with Gasteiger partial charge in [-0.05, 0) is 31.7 Å². The van der Waals surface area contributed by atoms with Crippen LogP contribution in [0.25, 0.3) is 0 Å². The van der Waals surface area contributed by atoms with E-state index in [2.05, 4.69) is 17.1 Å². The SMILES string of the molecule is CCCCCN1CCNCC1C1CC1. The molecule has 2 nitrogen and oxygen atoms in total. The maximum atomic E-state index is 3.53. The summed E-state index contributed by atoms with van der Waals surface area (Å²) in [5, 5.41) is 3.53. The highest BCUT2D eigenvalue weighted by atomic mass is 15.2. The molecule has 2 heteroatoms. The third-order valence-electron chi connectivity index (χ3n) is 3.61. The highest BCUT2D eigenvalue weighted by Crippen LogP contribution is 2.35. The monoisotopic (exact) mass is 196 g/mol. The number of hydrogen-bond donors (Lipinski definition) is 1. The van der Waals surface area contributed by atoms with Crippen molar-refractivity contribution in [1.29, 1.82) is 0 Å². The lowest BCUT2D eigenvalue weighted by atomic mass is 10.1. The van der Waals surface area contributed by atoms with Crippen molar-refractivity contribution in [1.82, 2.24) is 10.2 Å². The van der Waals surface area contributed by atoms with Crippen LogP contribution in [0.4, 0.5) is 0 Å². The minimum absolute atomic E-state index is 0.876. The molecule has 2 rings (SSSR count). The molecular formula is C12H24N2. The molecule has 0 amide bonds. The standard InChI is InChI=1S/C12H24N2/c1-2-3-4-8-14-9-7-13-10-12(14)11-5-6-11/h11-13H,2-10H2,1H3. The zero-order valence-electron chi connectivity index (χ0n) is 9.47. The van der Waals surface area contributed by atoms with Gasteiger partial charge in [0.05, 0.1) is 0 Å². The molecule has 1 unspecified atom stereocenters. The van der Waals surface area contributed by atoms with E-state index in [9.17, 15) is 0 Å². The molecule has 0 radical (unpaired) electrons. The van der Waals surface area contributed by atoms with Crippen molar-refractivity contribution in [2.24, 2.45) is 5.92 Å². The first-order chi connectivity index (χ1) is 6.92. The van der Waals surface area contributed by atoms with Gasteiger partial charge in [-0.3, -0.25) is 4.90 Å². The molecule has 2 aliphatic rings. The lowest BCUT2D eigenvalue weighted by Gasteiger charge is -2.36. The average Bonchev–Trinajstić information content (AvgIpc) is 3.03. The molecule has 14 heavy (non-hydrogen) atoms. The van der Waals surface area contributed by atoms with E-state index >= 15 is 0 Å². The van der Waals surface area contributed by atoms with Crippen LogP contribution in [0.1, 0.15) is 39.0 Å². The maximum Gasteiger partial charge on any atom is 0.0249 e. The molecule has 1 saturated heterocycles. The van der Waals surface area contributed by atoms with Crippen LogP contribution in [0.2, 0.25) is 0 Å². The number of piperazine rings is 1. The van der Waals surface area contributed by atoms with E-state index in [4.69, 9.17) is 0 Å². The Morgan fingerprint density at radius 3 is 2.86 bits per heavy atom. The quantitative estimate of drug-likeness (QED) is 0.675. The molecule has 1 aliphatic heterocycles. The molecule has 0 aromatic carbocycles. The lowest BCUT2D eigenvalue weighted by molar-refractivity contribution is 0.141. The molecule has 0 bridgehead atoms. The number of unbranched alkanes of at least 4 members (excludes halogenated alkanes) is 2. The van der Waals surface area contributed by atoms with Gasteiger partial charge in [0.25, 0.3) is 0 Å². The summed E-state index contributed by atoms with van der Waals surface area (Å²) < 4.78 is 0. The van der Waals surface area contributed by atoms with Gasteiger partial charge < -0.3 is 5.32 Å². The second-order valence-corrected chi connectivity index (χ2v) is 4.85. The van der Waals surface area contributed by atoms with Crippen molar-refractivity contribution in [3.63, 3.8) is 0 Å². The fourth-order valence-electron chi connectivity index (χ4n) is 2.56. The van der Waals surface area contributed by atoms with Crippen LogP contribution in [0.15, 0.2) is 0 Å². The van der Waals surface area contributed by atoms with Crippen molar-refractivity contribution < 1.29 is 0 Å². The number of nitrogens with one attached hydrogen (secondary N) is 1. The van der Waals surface area contributed by atoms with Crippen molar-refractivity contribution in [3.8, 4) is 0 Å². The van der Waals surface area contributed by atoms with Gasteiger partial charge in [0.1, 0.15) is 0 Å². The average molecular weight is 196 g/mol. The Bertz CT molecular complexity index is 166. The second-order valence-electron chi connectivity index (χ2n) is 4.85. The molecule has 1 atom stereocenters. The van der Waals surface area contributed by atoms with Gasteiger partial charge in [0.2, 0.25) is 0 Å². The Hall–Kier alpha value is -0.0800. The summed E-state index contributed by atoms with van der Waals surface area (Å²) in [4.78, 5) is 2.74. The van der Waals surface area contributed by atoms with E-state index in [-0.39, 0.29) is 0 Å². The van der Waals surface area contributed by atoms with Gasteiger partial charge in [-0.15, -0.1) is 0 Å². The van der Waals surface area contributed by atoms with Crippen molar-refractivity contribution in [2.75, 3.05) is 26.2 Å². The van der Waals surface area contributed by atoms with Crippen molar-refractivity contribution in [3.05, 3.63) is 0 Å². The van der Waals surface area contributed by atoms with Crippen LogP contribution in [0.5, 0.6) is 0 Å². The topological polar surface area (TPSA) is 15.3 Å². The zero-order valence-corrected chi connectivity index (χ0v) is 9.47. The highest BCUT2D eigenvalue weighted by Gasteiger charge is 2.35. The van der Waals surface area contributed by atoms with Gasteiger partial charge in [-0.25, -0.2) is 0 Å². The first-order valence-electron chi connectivity index (χ1n) is 6.36. The van der Waals surface area contributed by atoms with Crippen LogP contribution in [-0.2, 0) is 0 Å². The zero-order chi connectivity index (χ0) is 9.80. The fourth-order valence-corrected chi connectivity index (χ4v) is 2.56. The van der Waals surface area contributed by atoms with Crippen LogP contribution in [0, 0.1) is 5.92 Å². The predicted octanol–water partition coefficient (Wildman–Crippen LogP) is 1.86.